The lowest BCUT2D eigenvalue weighted by Crippen LogP contribution is -2.29. The van der Waals surface area contributed by atoms with E-state index in [0.29, 0.717) is 11.8 Å². The Hall–Kier alpha value is -0.140. The van der Waals surface area contributed by atoms with Gasteiger partial charge < -0.3 is 0 Å². The zero-order valence-electron chi connectivity index (χ0n) is 17.7. The predicted molar refractivity (Wildman–Crippen MR) is 106 cm³/mol. The van der Waals surface area contributed by atoms with Crippen molar-refractivity contribution in [3.05, 3.63) is 0 Å². The summed E-state index contributed by atoms with van der Waals surface area (Å²) in [5, 5.41) is 0. The summed E-state index contributed by atoms with van der Waals surface area (Å²) >= 11 is 0. The maximum Gasteiger partial charge on any atom is 0.248 e. The van der Waals surface area contributed by atoms with Gasteiger partial charge >= 0.3 is 0 Å². The quantitative estimate of drug-likeness (QED) is 0.427. The van der Waals surface area contributed by atoms with E-state index in [1.807, 2.05) is 0 Å². The average Bonchev–Trinajstić information content (AvgIpc) is 3.34. The van der Waals surface area contributed by atoms with Crippen molar-refractivity contribution >= 4 is 0 Å². The summed E-state index contributed by atoms with van der Waals surface area (Å²) in [5.41, 5.74) is 0. The highest BCUT2D eigenvalue weighted by Crippen LogP contribution is 2.50. The van der Waals surface area contributed by atoms with E-state index in [0.717, 1.165) is 48.3 Å². The Morgan fingerprint density at radius 3 is 2.08 bits per heavy atom. The molecular weight excluding hydrogens is 326 g/mol. The molecule has 0 spiro atoms. The lowest BCUT2D eigenvalue weighted by atomic mass is 9.69. The Morgan fingerprint density at radius 2 is 1.46 bits per heavy atom. The van der Waals surface area contributed by atoms with E-state index in [4.69, 9.17) is 0 Å². The molecule has 0 saturated heterocycles. The third kappa shape index (κ3) is 5.44. The highest BCUT2D eigenvalue weighted by atomic mass is 19.3. The molecule has 152 valence electrons. The van der Waals surface area contributed by atoms with Gasteiger partial charge in [-0.05, 0) is 85.9 Å². The highest BCUT2D eigenvalue weighted by molar-refractivity contribution is 4.91. The van der Waals surface area contributed by atoms with Crippen LogP contribution in [-0.2, 0) is 0 Å². The fourth-order valence-corrected chi connectivity index (χ4v) is 6.44. The fourth-order valence-electron chi connectivity index (χ4n) is 6.44. The van der Waals surface area contributed by atoms with Crippen molar-refractivity contribution in [3.8, 4) is 0 Å². The van der Waals surface area contributed by atoms with Crippen molar-refractivity contribution in [2.24, 2.45) is 47.3 Å². The lowest BCUT2D eigenvalue weighted by molar-refractivity contribution is -0.0528. The molecule has 0 nitrogen and oxygen atoms in total. The molecule has 0 amide bonds. The van der Waals surface area contributed by atoms with E-state index in [2.05, 4.69) is 27.7 Å². The van der Waals surface area contributed by atoms with E-state index in [1.165, 1.54) is 44.9 Å². The maximum absolute atomic E-state index is 13.4. The van der Waals surface area contributed by atoms with Gasteiger partial charge in [0, 0.05) is 12.8 Å². The van der Waals surface area contributed by atoms with Gasteiger partial charge in [0.05, 0.1) is 0 Å². The molecule has 3 saturated carbocycles. The van der Waals surface area contributed by atoms with E-state index in [9.17, 15) is 8.78 Å². The molecule has 0 aromatic heterocycles. The first-order valence-electron chi connectivity index (χ1n) is 11.6. The highest BCUT2D eigenvalue weighted by Gasteiger charge is 2.41. The Labute approximate surface area is 160 Å². The van der Waals surface area contributed by atoms with Crippen LogP contribution < -0.4 is 0 Å². The van der Waals surface area contributed by atoms with E-state index < -0.39 is 5.92 Å². The van der Waals surface area contributed by atoms with Crippen molar-refractivity contribution in [2.75, 3.05) is 0 Å². The minimum atomic E-state index is -2.38. The van der Waals surface area contributed by atoms with Gasteiger partial charge in [-0.1, -0.05) is 47.0 Å². The van der Waals surface area contributed by atoms with Crippen molar-refractivity contribution in [3.63, 3.8) is 0 Å². The van der Waals surface area contributed by atoms with E-state index in [-0.39, 0.29) is 12.8 Å². The van der Waals surface area contributed by atoms with Gasteiger partial charge in [0.1, 0.15) is 0 Å². The standard InChI is InChI=1S/C24H42F2/c1-16(2)23-15-22(23)13-18(4)21-7-5-6-19(14-21)12-17(3)20-8-10-24(25,26)11-9-20/h16-23H,5-15H2,1-4H3. The molecule has 3 aliphatic carbocycles. The summed E-state index contributed by atoms with van der Waals surface area (Å²) in [6.07, 6.45) is 11.6. The molecule has 3 rings (SSSR count). The zero-order chi connectivity index (χ0) is 18.9. The number of hydrogen-bond donors (Lipinski definition) is 0. The van der Waals surface area contributed by atoms with E-state index in [1.54, 1.807) is 0 Å². The zero-order valence-corrected chi connectivity index (χ0v) is 17.7. The summed E-state index contributed by atoms with van der Waals surface area (Å²) in [4.78, 5) is 0. The Morgan fingerprint density at radius 1 is 0.808 bits per heavy atom. The third-order valence-corrected chi connectivity index (χ3v) is 8.41. The number of hydrogen-bond acceptors (Lipinski definition) is 0. The molecule has 0 aliphatic heterocycles. The predicted octanol–water partition coefficient (Wildman–Crippen LogP) is 7.96. The molecule has 26 heavy (non-hydrogen) atoms. The van der Waals surface area contributed by atoms with Crippen LogP contribution in [0.2, 0.25) is 0 Å². The molecular formula is C24H42F2. The summed E-state index contributed by atoms with van der Waals surface area (Å²) in [6, 6.07) is 0. The van der Waals surface area contributed by atoms with Crippen LogP contribution in [0.15, 0.2) is 0 Å². The minimum absolute atomic E-state index is 0.130. The Kier molecular flexibility index (Phi) is 6.71. The van der Waals surface area contributed by atoms with Crippen LogP contribution in [0.1, 0.15) is 98.3 Å². The lowest BCUT2D eigenvalue weighted by Gasteiger charge is -2.37. The number of halogens is 2. The summed E-state index contributed by atoms with van der Waals surface area (Å²) in [7, 11) is 0. The second kappa shape index (κ2) is 8.48. The van der Waals surface area contributed by atoms with Gasteiger partial charge in [-0.25, -0.2) is 8.78 Å². The van der Waals surface area contributed by atoms with Gasteiger partial charge in [0.2, 0.25) is 5.92 Å². The van der Waals surface area contributed by atoms with E-state index >= 15 is 0 Å². The first-order valence-corrected chi connectivity index (χ1v) is 11.6. The third-order valence-electron chi connectivity index (χ3n) is 8.41. The topological polar surface area (TPSA) is 0 Å². The second-order valence-corrected chi connectivity index (χ2v) is 10.8. The molecule has 0 bridgehead atoms. The monoisotopic (exact) mass is 368 g/mol. The number of rotatable bonds is 7. The largest absolute Gasteiger partial charge is 0.248 e. The number of alkyl halides is 2. The Bertz CT molecular complexity index is 433. The smallest absolute Gasteiger partial charge is 0.207 e. The molecule has 6 unspecified atom stereocenters. The maximum atomic E-state index is 13.4. The fraction of sp³-hybridized carbons (Fsp3) is 1.00. The summed E-state index contributed by atoms with van der Waals surface area (Å²) in [5.74, 6) is 4.35. The molecule has 3 fully saturated rings. The normalized spacial score (nSPS) is 37.5. The van der Waals surface area contributed by atoms with Gasteiger partial charge in [0.25, 0.3) is 0 Å². The molecule has 2 heteroatoms. The Balaban J connectivity index is 1.42. The van der Waals surface area contributed by atoms with Crippen LogP contribution in [0.4, 0.5) is 8.78 Å². The molecule has 3 aliphatic rings. The molecule has 0 aromatic carbocycles. The molecule has 0 N–H and O–H groups in total. The van der Waals surface area contributed by atoms with Crippen molar-refractivity contribution in [2.45, 2.75) is 104 Å². The molecule has 0 heterocycles. The molecule has 6 atom stereocenters. The van der Waals surface area contributed by atoms with Crippen molar-refractivity contribution in [1.29, 1.82) is 0 Å². The first-order chi connectivity index (χ1) is 12.2. The SMILES string of the molecule is CC(C)C1CC1CC(C)C1CCCC(CC(C)C2CCC(F)(F)CC2)C1. The molecule has 0 aromatic rings. The van der Waals surface area contributed by atoms with Crippen molar-refractivity contribution in [1.82, 2.24) is 0 Å². The first kappa shape index (κ1) is 20.6. The average molecular weight is 369 g/mol. The molecule has 0 radical (unpaired) electrons. The van der Waals surface area contributed by atoms with Gasteiger partial charge in [0.15, 0.2) is 0 Å². The minimum Gasteiger partial charge on any atom is -0.207 e. The second-order valence-electron chi connectivity index (χ2n) is 10.8. The van der Waals surface area contributed by atoms with Crippen LogP contribution in [-0.4, -0.2) is 5.92 Å². The van der Waals surface area contributed by atoms with Crippen LogP contribution in [0.3, 0.4) is 0 Å². The van der Waals surface area contributed by atoms with Crippen LogP contribution in [0.25, 0.3) is 0 Å². The summed E-state index contributed by atoms with van der Waals surface area (Å²) in [6.45, 7) is 9.62. The van der Waals surface area contributed by atoms with Crippen LogP contribution in [0.5, 0.6) is 0 Å². The van der Waals surface area contributed by atoms with Gasteiger partial charge in [-0.15, -0.1) is 0 Å². The van der Waals surface area contributed by atoms with Gasteiger partial charge in [-0.2, -0.15) is 0 Å². The van der Waals surface area contributed by atoms with Crippen LogP contribution >= 0.6 is 0 Å². The van der Waals surface area contributed by atoms with Crippen molar-refractivity contribution < 1.29 is 8.78 Å². The van der Waals surface area contributed by atoms with Gasteiger partial charge in [-0.3, -0.25) is 0 Å². The van der Waals surface area contributed by atoms with Crippen LogP contribution in [0, 0.1) is 47.3 Å². The summed E-state index contributed by atoms with van der Waals surface area (Å²) < 4.78 is 26.9.